The molecule has 1 nitrogen and oxygen atoms in total. The summed E-state index contributed by atoms with van der Waals surface area (Å²) in [4.78, 5) is 2.24. The van der Waals surface area contributed by atoms with Gasteiger partial charge in [0.1, 0.15) is 0 Å². The number of nitrogens with zero attached hydrogens (tertiary/aromatic N) is 1. The zero-order valence-electron chi connectivity index (χ0n) is 11.3. The van der Waals surface area contributed by atoms with Gasteiger partial charge in [-0.25, -0.2) is 0 Å². The minimum atomic E-state index is 1.22. The quantitative estimate of drug-likeness (QED) is 0.621. The minimum Gasteiger partial charge on any atom is -0.344 e. The Kier molecular flexibility index (Phi) is 2.96. The molecule has 0 unspecified atom stereocenters. The van der Waals surface area contributed by atoms with Gasteiger partial charge >= 0.3 is 0 Å². The third-order valence-electron chi connectivity index (χ3n) is 3.60. The summed E-state index contributed by atoms with van der Waals surface area (Å²) in [6, 6.07) is 23.5. The fraction of sp³-hybridized carbons (Fsp3) is 0.111. The summed E-state index contributed by atoms with van der Waals surface area (Å²) in [5.74, 6) is 0. The molecule has 0 bridgehead atoms. The van der Waals surface area contributed by atoms with Crippen LogP contribution in [0.1, 0.15) is 5.56 Å². The van der Waals surface area contributed by atoms with Crippen LogP contribution in [0.3, 0.4) is 0 Å². The van der Waals surface area contributed by atoms with Crippen molar-refractivity contribution < 1.29 is 0 Å². The zero-order chi connectivity index (χ0) is 13.2. The molecular formula is C18H17N. The van der Waals surface area contributed by atoms with E-state index in [1.165, 1.54) is 27.7 Å². The first-order valence-corrected chi connectivity index (χ1v) is 6.54. The first-order chi connectivity index (χ1) is 9.25. The highest BCUT2D eigenvalue weighted by atomic mass is 15.1. The average molecular weight is 247 g/mol. The molecule has 0 aliphatic heterocycles. The van der Waals surface area contributed by atoms with E-state index in [9.17, 15) is 0 Å². The van der Waals surface area contributed by atoms with Gasteiger partial charge in [-0.15, -0.1) is 0 Å². The Morgan fingerprint density at radius 1 is 0.737 bits per heavy atom. The highest BCUT2D eigenvalue weighted by Gasteiger charge is 2.06. The van der Waals surface area contributed by atoms with E-state index in [-0.39, 0.29) is 0 Å². The van der Waals surface area contributed by atoms with E-state index in [0.29, 0.717) is 0 Å². The summed E-state index contributed by atoms with van der Waals surface area (Å²) in [5, 5.41) is 2.56. The monoisotopic (exact) mass is 247 g/mol. The topological polar surface area (TPSA) is 3.24 Å². The molecule has 0 saturated heterocycles. The van der Waals surface area contributed by atoms with Crippen LogP contribution in [-0.4, -0.2) is 7.05 Å². The number of rotatable bonds is 2. The van der Waals surface area contributed by atoms with Crippen molar-refractivity contribution in [2.45, 2.75) is 6.92 Å². The molecule has 0 radical (unpaired) electrons. The average Bonchev–Trinajstić information content (AvgIpc) is 2.46. The van der Waals surface area contributed by atoms with E-state index in [1.807, 2.05) is 0 Å². The summed E-state index contributed by atoms with van der Waals surface area (Å²) >= 11 is 0. The molecule has 0 atom stereocenters. The Labute approximate surface area is 114 Å². The molecule has 3 aromatic carbocycles. The minimum absolute atomic E-state index is 1.22. The molecule has 0 fully saturated rings. The molecular weight excluding hydrogens is 230 g/mol. The highest BCUT2D eigenvalue weighted by Crippen LogP contribution is 2.28. The van der Waals surface area contributed by atoms with Crippen molar-refractivity contribution in [2.24, 2.45) is 0 Å². The van der Waals surface area contributed by atoms with Gasteiger partial charge in [0.2, 0.25) is 0 Å². The number of anilines is 2. The predicted octanol–water partition coefficient (Wildman–Crippen LogP) is 4.92. The molecule has 0 heterocycles. The lowest BCUT2D eigenvalue weighted by atomic mass is 10.1. The fourth-order valence-electron chi connectivity index (χ4n) is 2.46. The van der Waals surface area contributed by atoms with E-state index in [4.69, 9.17) is 0 Å². The van der Waals surface area contributed by atoms with Crippen LogP contribution in [0, 0.1) is 6.92 Å². The maximum Gasteiger partial charge on any atom is 0.0437 e. The second-order valence-electron chi connectivity index (χ2n) is 4.88. The molecule has 19 heavy (non-hydrogen) atoms. The van der Waals surface area contributed by atoms with E-state index >= 15 is 0 Å². The number of para-hydroxylation sites is 1. The molecule has 1 heteroatoms. The Morgan fingerprint density at radius 3 is 2.21 bits per heavy atom. The molecule has 0 saturated carbocycles. The highest BCUT2D eigenvalue weighted by molar-refractivity contribution is 5.87. The number of hydrogen-bond acceptors (Lipinski definition) is 1. The lowest BCUT2D eigenvalue weighted by Gasteiger charge is -2.22. The normalized spacial score (nSPS) is 10.6. The van der Waals surface area contributed by atoms with E-state index in [2.05, 4.69) is 85.6 Å². The van der Waals surface area contributed by atoms with Crippen molar-refractivity contribution in [3.63, 3.8) is 0 Å². The standard InChI is InChI=1S/C18H17N/c1-14-7-3-6-10-18(14)19(2)17-12-11-15-8-4-5-9-16(15)13-17/h3-13H,1-2H3. The van der Waals surface area contributed by atoms with Crippen molar-refractivity contribution in [1.82, 2.24) is 0 Å². The molecule has 0 aromatic heterocycles. The van der Waals surface area contributed by atoms with Crippen LogP contribution in [0.2, 0.25) is 0 Å². The largest absolute Gasteiger partial charge is 0.344 e. The predicted molar refractivity (Wildman–Crippen MR) is 83.2 cm³/mol. The van der Waals surface area contributed by atoms with Gasteiger partial charge < -0.3 is 4.90 Å². The van der Waals surface area contributed by atoms with Gasteiger partial charge in [0.25, 0.3) is 0 Å². The van der Waals surface area contributed by atoms with Crippen molar-refractivity contribution in [3.8, 4) is 0 Å². The first-order valence-electron chi connectivity index (χ1n) is 6.54. The van der Waals surface area contributed by atoms with Gasteiger partial charge in [-0.1, -0.05) is 48.5 Å². The summed E-state index contributed by atoms with van der Waals surface area (Å²) in [6.45, 7) is 2.15. The Hall–Kier alpha value is -2.28. The third-order valence-corrected chi connectivity index (χ3v) is 3.60. The third kappa shape index (κ3) is 2.19. The lowest BCUT2D eigenvalue weighted by molar-refractivity contribution is 1.19. The van der Waals surface area contributed by atoms with Gasteiger partial charge in [-0.05, 0) is 41.5 Å². The van der Waals surface area contributed by atoms with E-state index in [1.54, 1.807) is 0 Å². The van der Waals surface area contributed by atoms with Gasteiger partial charge in [-0.2, -0.15) is 0 Å². The Morgan fingerprint density at radius 2 is 1.42 bits per heavy atom. The van der Waals surface area contributed by atoms with Crippen LogP contribution in [-0.2, 0) is 0 Å². The first kappa shape index (κ1) is 11.8. The van der Waals surface area contributed by atoms with Crippen LogP contribution in [0.25, 0.3) is 10.8 Å². The van der Waals surface area contributed by atoms with Gasteiger partial charge in [0.05, 0.1) is 0 Å². The van der Waals surface area contributed by atoms with Crippen molar-refractivity contribution >= 4 is 22.1 Å². The Bertz CT molecular complexity index is 715. The molecule has 0 aliphatic rings. The van der Waals surface area contributed by atoms with Crippen LogP contribution < -0.4 is 4.90 Å². The number of benzene rings is 3. The maximum absolute atomic E-state index is 2.24. The van der Waals surface area contributed by atoms with Crippen LogP contribution in [0.4, 0.5) is 11.4 Å². The summed E-state index contributed by atoms with van der Waals surface area (Å²) in [5.41, 5.74) is 3.75. The molecule has 0 amide bonds. The fourth-order valence-corrected chi connectivity index (χ4v) is 2.46. The zero-order valence-corrected chi connectivity index (χ0v) is 11.3. The lowest BCUT2D eigenvalue weighted by Crippen LogP contribution is -2.10. The SMILES string of the molecule is Cc1ccccc1N(C)c1ccc2ccccc2c1. The molecule has 0 spiro atoms. The summed E-state index contributed by atoms with van der Waals surface area (Å²) in [7, 11) is 2.12. The summed E-state index contributed by atoms with van der Waals surface area (Å²) in [6.07, 6.45) is 0. The van der Waals surface area contributed by atoms with Crippen molar-refractivity contribution in [2.75, 3.05) is 11.9 Å². The number of fused-ring (bicyclic) bond motifs is 1. The van der Waals surface area contributed by atoms with E-state index in [0.717, 1.165) is 0 Å². The van der Waals surface area contributed by atoms with Crippen LogP contribution >= 0.6 is 0 Å². The molecule has 3 aromatic rings. The van der Waals surface area contributed by atoms with Gasteiger partial charge in [0, 0.05) is 18.4 Å². The maximum atomic E-state index is 2.24. The van der Waals surface area contributed by atoms with Crippen LogP contribution in [0.5, 0.6) is 0 Å². The molecule has 94 valence electrons. The second kappa shape index (κ2) is 4.77. The molecule has 3 rings (SSSR count). The molecule has 0 aliphatic carbocycles. The van der Waals surface area contributed by atoms with Gasteiger partial charge in [-0.3, -0.25) is 0 Å². The van der Waals surface area contributed by atoms with Crippen molar-refractivity contribution in [1.29, 1.82) is 0 Å². The summed E-state index contributed by atoms with van der Waals surface area (Å²) < 4.78 is 0. The van der Waals surface area contributed by atoms with E-state index < -0.39 is 0 Å². The van der Waals surface area contributed by atoms with Gasteiger partial charge in [0.15, 0.2) is 0 Å². The van der Waals surface area contributed by atoms with Crippen LogP contribution in [0.15, 0.2) is 66.7 Å². The second-order valence-corrected chi connectivity index (χ2v) is 4.88. The molecule has 0 N–H and O–H groups in total. The van der Waals surface area contributed by atoms with Crippen molar-refractivity contribution in [3.05, 3.63) is 72.3 Å². The Balaban J connectivity index is 2.07. The number of aryl methyl sites for hydroxylation is 1. The number of hydrogen-bond donors (Lipinski definition) is 0. The smallest absolute Gasteiger partial charge is 0.0437 e.